The third-order valence-corrected chi connectivity index (χ3v) is 1.63. The lowest BCUT2D eigenvalue weighted by molar-refractivity contribution is -0.0662. The van der Waals surface area contributed by atoms with Gasteiger partial charge >= 0.3 is 0 Å². The maximum atomic E-state index is 9.11. The van der Waals surface area contributed by atoms with Gasteiger partial charge in [0.1, 0.15) is 6.10 Å². The minimum Gasteiger partial charge on any atom is -0.396 e. The van der Waals surface area contributed by atoms with E-state index in [0.29, 0.717) is 6.42 Å². The zero-order chi connectivity index (χ0) is 8.85. The summed E-state index contributed by atoms with van der Waals surface area (Å²) < 4.78 is 0. The molecule has 0 radical (unpaired) electrons. The van der Waals surface area contributed by atoms with E-state index < -0.39 is 18.3 Å². The van der Waals surface area contributed by atoms with Gasteiger partial charge in [0, 0.05) is 6.61 Å². The smallest absolute Gasteiger partial charge is 0.106 e. The molecule has 0 unspecified atom stereocenters. The molecule has 0 aromatic heterocycles. The van der Waals surface area contributed by atoms with Crippen molar-refractivity contribution in [2.75, 3.05) is 6.61 Å². The predicted molar refractivity (Wildman–Crippen MR) is 40.0 cm³/mol. The van der Waals surface area contributed by atoms with Crippen molar-refractivity contribution in [1.82, 2.24) is 0 Å². The first-order valence-corrected chi connectivity index (χ1v) is 3.78. The average Bonchev–Trinajstić information content (AvgIpc) is 2.02. The summed E-state index contributed by atoms with van der Waals surface area (Å²) in [5.74, 6) is 0. The second kappa shape index (κ2) is 5.49. The van der Waals surface area contributed by atoms with E-state index in [9.17, 15) is 0 Å². The average molecular weight is 164 g/mol. The van der Waals surface area contributed by atoms with E-state index in [4.69, 9.17) is 20.4 Å². The van der Waals surface area contributed by atoms with Crippen molar-refractivity contribution in [2.45, 2.75) is 38.1 Å². The van der Waals surface area contributed by atoms with Crippen molar-refractivity contribution in [1.29, 1.82) is 0 Å². The molecular formula is C7H16O4. The van der Waals surface area contributed by atoms with Gasteiger partial charge in [0.2, 0.25) is 0 Å². The highest BCUT2D eigenvalue weighted by molar-refractivity contribution is 4.73. The quantitative estimate of drug-likeness (QED) is 0.414. The first-order chi connectivity index (χ1) is 5.13. The van der Waals surface area contributed by atoms with Gasteiger partial charge in [-0.2, -0.15) is 0 Å². The van der Waals surface area contributed by atoms with Gasteiger partial charge in [-0.05, 0) is 12.8 Å². The standard InChI is InChI=1S/C7H16O4/c1-2-5(9)7(11)6(10)3-4-8/h5-11H,2-4H2,1H3/t5-,6+,7+/m1/s1. The number of aliphatic hydroxyl groups is 4. The van der Waals surface area contributed by atoms with Gasteiger partial charge in [0.15, 0.2) is 0 Å². The Labute approximate surface area is 66.1 Å². The van der Waals surface area contributed by atoms with Crippen molar-refractivity contribution < 1.29 is 20.4 Å². The number of rotatable bonds is 5. The van der Waals surface area contributed by atoms with Crippen molar-refractivity contribution in [3.05, 3.63) is 0 Å². The number of hydrogen-bond acceptors (Lipinski definition) is 4. The molecule has 4 heteroatoms. The fraction of sp³-hybridized carbons (Fsp3) is 1.00. The molecule has 11 heavy (non-hydrogen) atoms. The van der Waals surface area contributed by atoms with Crippen LogP contribution in [0.2, 0.25) is 0 Å². The molecule has 0 amide bonds. The lowest BCUT2D eigenvalue weighted by atomic mass is 10.0. The van der Waals surface area contributed by atoms with E-state index in [2.05, 4.69) is 0 Å². The highest BCUT2D eigenvalue weighted by Gasteiger charge is 2.22. The van der Waals surface area contributed by atoms with Crippen LogP contribution in [-0.2, 0) is 0 Å². The van der Waals surface area contributed by atoms with Crippen LogP contribution in [-0.4, -0.2) is 45.3 Å². The molecule has 4 N–H and O–H groups in total. The molecule has 0 saturated heterocycles. The second-order valence-corrected chi connectivity index (χ2v) is 2.55. The van der Waals surface area contributed by atoms with Crippen LogP contribution in [0, 0.1) is 0 Å². The molecule has 0 aromatic carbocycles. The lowest BCUT2D eigenvalue weighted by Crippen LogP contribution is -2.37. The van der Waals surface area contributed by atoms with Gasteiger partial charge in [0.05, 0.1) is 12.2 Å². The third-order valence-electron chi connectivity index (χ3n) is 1.63. The Morgan fingerprint density at radius 2 is 1.64 bits per heavy atom. The molecule has 0 fully saturated rings. The van der Waals surface area contributed by atoms with Crippen molar-refractivity contribution in [3.8, 4) is 0 Å². The van der Waals surface area contributed by atoms with Gasteiger partial charge < -0.3 is 20.4 Å². The van der Waals surface area contributed by atoms with Crippen LogP contribution < -0.4 is 0 Å². The largest absolute Gasteiger partial charge is 0.396 e. The first-order valence-electron chi connectivity index (χ1n) is 3.78. The maximum absolute atomic E-state index is 9.11. The molecule has 0 aliphatic heterocycles. The Hall–Kier alpha value is -0.160. The van der Waals surface area contributed by atoms with Crippen LogP contribution in [0.5, 0.6) is 0 Å². The molecule has 3 atom stereocenters. The molecule has 4 nitrogen and oxygen atoms in total. The summed E-state index contributed by atoms with van der Waals surface area (Å²) in [7, 11) is 0. The van der Waals surface area contributed by atoms with E-state index in [1.54, 1.807) is 6.92 Å². The van der Waals surface area contributed by atoms with E-state index in [-0.39, 0.29) is 13.0 Å². The van der Waals surface area contributed by atoms with E-state index in [0.717, 1.165) is 0 Å². The van der Waals surface area contributed by atoms with Crippen LogP contribution in [0.15, 0.2) is 0 Å². The van der Waals surface area contributed by atoms with Crippen molar-refractivity contribution >= 4 is 0 Å². The maximum Gasteiger partial charge on any atom is 0.106 e. The molecule has 0 aliphatic rings. The van der Waals surface area contributed by atoms with Gasteiger partial charge in [0.25, 0.3) is 0 Å². The summed E-state index contributed by atoms with van der Waals surface area (Å²) in [4.78, 5) is 0. The normalized spacial score (nSPS) is 19.4. The highest BCUT2D eigenvalue weighted by Crippen LogP contribution is 2.05. The van der Waals surface area contributed by atoms with Gasteiger partial charge in [-0.15, -0.1) is 0 Å². The van der Waals surface area contributed by atoms with E-state index in [1.807, 2.05) is 0 Å². The van der Waals surface area contributed by atoms with Gasteiger partial charge in [-0.25, -0.2) is 0 Å². The Morgan fingerprint density at radius 1 is 1.09 bits per heavy atom. The lowest BCUT2D eigenvalue weighted by Gasteiger charge is -2.20. The molecule has 0 bridgehead atoms. The molecular weight excluding hydrogens is 148 g/mol. The molecule has 0 rings (SSSR count). The van der Waals surface area contributed by atoms with Crippen molar-refractivity contribution in [2.24, 2.45) is 0 Å². The predicted octanol–water partition coefficient (Wildman–Crippen LogP) is -1.14. The zero-order valence-electron chi connectivity index (χ0n) is 6.64. The van der Waals surface area contributed by atoms with Crippen LogP contribution >= 0.6 is 0 Å². The third kappa shape index (κ3) is 3.67. The molecule has 0 heterocycles. The summed E-state index contributed by atoms with van der Waals surface area (Å²) in [5.41, 5.74) is 0. The van der Waals surface area contributed by atoms with Crippen LogP contribution in [0.1, 0.15) is 19.8 Å². The Balaban J connectivity index is 3.70. The molecule has 0 saturated carbocycles. The Kier molecular flexibility index (Phi) is 5.41. The minimum atomic E-state index is -1.15. The van der Waals surface area contributed by atoms with Crippen LogP contribution in [0.25, 0.3) is 0 Å². The van der Waals surface area contributed by atoms with E-state index in [1.165, 1.54) is 0 Å². The SMILES string of the molecule is CC[C@@H](O)[C@H](O)[C@@H](O)CCO. The van der Waals surface area contributed by atoms with E-state index >= 15 is 0 Å². The summed E-state index contributed by atoms with van der Waals surface area (Å²) in [6, 6.07) is 0. The first kappa shape index (κ1) is 10.8. The zero-order valence-corrected chi connectivity index (χ0v) is 6.64. The number of hydrogen-bond donors (Lipinski definition) is 4. The molecule has 0 spiro atoms. The topological polar surface area (TPSA) is 80.9 Å². The minimum absolute atomic E-state index is 0.0955. The fourth-order valence-corrected chi connectivity index (χ4v) is 0.801. The Bertz CT molecular complexity index is 96.4. The molecule has 68 valence electrons. The van der Waals surface area contributed by atoms with Crippen LogP contribution in [0.3, 0.4) is 0 Å². The summed E-state index contributed by atoms with van der Waals surface area (Å²) in [5, 5.41) is 35.6. The van der Waals surface area contributed by atoms with Crippen LogP contribution in [0.4, 0.5) is 0 Å². The summed E-state index contributed by atoms with van der Waals surface area (Å²) in [6.07, 6.45) is -2.60. The van der Waals surface area contributed by atoms with Crippen molar-refractivity contribution in [3.63, 3.8) is 0 Å². The second-order valence-electron chi connectivity index (χ2n) is 2.55. The van der Waals surface area contributed by atoms with Gasteiger partial charge in [-0.1, -0.05) is 6.92 Å². The molecule has 0 aliphatic carbocycles. The Morgan fingerprint density at radius 3 is 2.00 bits per heavy atom. The summed E-state index contributed by atoms with van der Waals surface area (Å²) >= 11 is 0. The highest BCUT2D eigenvalue weighted by atomic mass is 16.4. The summed E-state index contributed by atoms with van der Waals surface area (Å²) in [6.45, 7) is 1.52. The van der Waals surface area contributed by atoms with Gasteiger partial charge in [-0.3, -0.25) is 0 Å². The molecule has 0 aromatic rings. The monoisotopic (exact) mass is 164 g/mol. The fourth-order valence-electron chi connectivity index (χ4n) is 0.801. The number of aliphatic hydroxyl groups excluding tert-OH is 4.